The number of rotatable bonds is 5. The van der Waals surface area contributed by atoms with Gasteiger partial charge in [0.05, 0.1) is 5.02 Å². The van der Waals surface area contributed by atoms with Gasteiger partial charge < -0.3 is 4.74 Å². The van der Waals surface area contributed by atoms with Crippen LogP contribution in [-0.4, -0.2) is 18.2 Å². The normalized spacial score (nSPS) is 11.2. The van der Waals surface area contributed by atoms with Crippen LogP contribution in [0.25, 0.3) is 0 Å². The Morgan fingerprint density at radius 1 is 1.44 bits per heavy atom. The monoisotopic (exact) mass is 288 g/mol. The number of benzene rings is 1. The molecule has 0 aromatic heterocycles. The first kappa shape index (κ1) is 14.8. The summed E-state index contributed by atoms with van der Waals surface area (Å²) in [7, 11) is 0. The van der Waals surface area contributed by atoms with Crippen LogP contribution in [-0.2, 0) is 4.79 Å². The first-order valence-corrected chi connectivity index (χ1v) is 6.18. The molecule has 0 heterocycles. The molecule has 0 saturated heterocycles. The number of nitrogens with zero attached hydrogens (tertiary/aromatic N) is 1. The molecular weight excluding hydrogens is 275 g/mol. The third-order valence-corrected chi connectivity index (χ3v) is 2.67. The van der Waals surface area contributed by atoms with E-state index in [1.807, 2.05) is 13.8 Å². The van der Waals surface area contributed by atoms with E-state index in [4.69, 9.17) is 27.9 Å². The molecule has 0 fully saturated rings. The Bertz CT molecular complexity index is 461. The van der Waals surface area contributed by atoms with Crippen LogP contribution in [0.2, 0.25) is 10.0 Å². The molecule has 0 aliphatic rings. The van der Waals surface area contributed by atoms with Gasteiger partial charge in [0.25, 0.3) is 5.91 Å². The van der Waals surface area contributed by atoms with Crippen molar-refractivity contribution in [3.8, 4) is 5.75 Å². The first-order valence-electron chi connectivity index (χ1n) is 5.42. The van der Waals surface area contributed by atoms with E-state index in [-0.39, 0.29) is 12.5 Å². The second-order valence-electron chi connectivity index (χ2n) is 3.60. The van der Waals surface area contributed by atoms with Crippen LogP contribution in [0.1, 0.15) is 20.3 Å². The molecule has 0 aliphatic heterocycles. The zero-order chi connectivity index (χ0) is 13.5. The van der Waals surface area contributed by atoms with E-state index in [1.54, 1.807) is 18.2 Å². The zero-order valence-electron chi connectivity index (χ0n) is 10.2. The van der Waals surface area contributed by atoms with Crippen LogP contribution in [0.15, 0.2) is 23.3 Å². The molecule has 1 amide bonds. The van der Waals surface area contributed by atoms with Gasteiger partial charge in [-0.2, -0.15) is 5.10 Å². The Morgan fingerprint density at radius 3 is 2.78 bits per heavy atom. The van der Waals surface area contributed by atoms with Gasteiger partial charge in [-0.25, -0.2) is 5.43 Å². The number of carbonyl (C=O) groups excluding carboxylic acids is 1. The summed E-state index contributed by atoms with van der Waals surface area (Å²) < 4.78 is 5.25. The van der Waals surface area contributed by atoms with Crippen molar-refractivity contribution in [2.45, 2.75) is 20.3 Å². The molecule has 4 nitrogen and oxygen atoms in total. The van der Waals surface area contributed by atoms with E-state index in [9.17, 15) is 4.79 Å². The number of ether oxygens (including phenoxy) is 1. The van der Waals surface area contributed by atoms with Crippen molar-refractivity contribution in [3.05, 3.63) is 28.2 Å². The van der Waals surface area contributed by atoms with Gasteiger partial charge in [-0.05, 0) is 31.5 Å². The minimum Gasteiger partial charge on any atom is -0.482 e. The summed E-state index contributed by atoms with van der Waals surface area (Å²) in [4.78, 5) is 11.4. The SMILES string of the molecule is CCC(C)=NNC(=O)COc1ccc(Cl)cc1Cl. The number of hydrogen-bond acceptors (Lipinski definition) is 3. The third kappa shape index (κ3) is 4.94. The van der Waals surface area contributed by atoms with Crippen LogP contribution < -0.4 is 10.2 Å². The topological polar surface area (TPSA) is 50.7 Å². The van der Waals surface area contributed by atoms with Crippen molar-refractivity contribution < 1.29 is 9.53 Å². The lowest BCUT2D eigenvalue weighted by atomic mass is 10.3. The van der Waals surface area contributed by atoms with Gasteiger partial charge in [-0.15, -0.1) is 0 Å². The molecule has 1 aromatic rings. The average Bonchev–Trinajstić information content (AvgIpc) is 2.34. The van der Waals surface area contributed by atoms with Crippen molar-refractivity contribution in [2.75, 3.05) is 6.61 Å². The van der Waals surface area contributed by atoms with E-state index in [0.717, 1.165) is 12.1 Å². The number of carbonyl (C=O) groups is 1. The van der Waals surface area contributed by atoms with Crippen LogP contribution in [0.3, 0.4) is 0 Å². The maximum Gasteiger partial charge on any atom is 0.277 e. The van der Waals surface area contributed by atoms with E-state index in [0.29, 0.717) is 15.8 Å². The zero-order valence-corrected chi connectivity index (χ0v) is 11.7. The Labute approximate surface area is 116 Å². The van der Waals surface area contributed by atoms with Crippen LogP contribution in [0.4, 0.5) is 0 Å². The van der Waals surface area contributed by atoms with Gasteiger partial charge in [0.15, 0.2) is 6.61 Å². The highest BCUT2D eigenvalue weighted by molar-refractivity contribution is 6.35. The average molecular weight is 289 g/mol. The van der Waals surface area contributed by atoms with Gasteiger partial charge in [0.1, 0.15) is 5.75 Å². The van der Waals surface area contributed by atoms with E-state index in [2.05, 4.69) is 10.5 Å². The molecule has 0 atom stereocenters. The van der Waals surface area contributed by atoms with E-state index < -0.39 is 0 Å². The molecular formula is C12H14Cl2N2O2. The summed E-state index contributed by atoms with van der Waals surface area (Å²) in [6, 6.07) is 4.80. The molecule has 98 valence electrons. The highest BCUT2D eigenvalue weighted by Crippen LogP contribution is 2.27. The van der Waals surface area contributed by atoms with E-state index in [1.165, 1.54) is 0 Å². The Balaban J connectivity index is 2.47. The molecule has 1 N–H and O–H groups in total. The fraction of sp³-hybridized carbons (Fsp3) is 0.333. The fourth-order valence-corrected chi connectivity index (χ4v) is 1.47. The second kappa shape index (κ2) is 7.24. The van der Waals surface area contributed by atoms with Crippen molar-refractivity contribution in [2.24, 2.45) is 5.10 Å². The lowest BCUT2D eigenvalue weighted by Crippen LogP contribution is -2.25. The number of hydrogen-bond donors (Lipinski definition) is 1. The highest BCUT2D eigenvalue weighted by Gasteiger charge is 2.05. The first-order chi connectivity index (χ1) is 8.52. The lowest BCUT2D eigenvalue weighted by Gasteiger charge is -2.07. The van der Waals surface area contributed by atoms with E-state index >= 15 is 0 Å². The number of halogens is 2. The summed E-state index contributed by atoms with van der Waals surface area (Å²) in [6.45, 7) is 3.63. The van der Waals surface area contributed by atoms with Gasteiger partial charge in [-0.3, -0.25) is 4.79 Å². The minimum atomic E-state index is -0.339. The summed E-state index contributed by atoms with van der Waals surface area (Å²) in [5, 5.41) is 4.75. The molecule has 18 heavy (non-hydrogen) atoms. The van der Waals surface area contributed by atoms with Crippen molar-refractivity contribution in [3.63, 3.8) is 0 Å². The van der Waals surface area contributed by atoms with Crippen LogP contribution in [0, 0.1) is 0 Å². The lowest BCUT2D eigenvalue weighted by molar-refractivity contribution is -0.123. The Morgan fingerprint density at radius 2 is 2.17 bits per heavy atom. The minimum absolute atomic E-state index is 0.151. The standard InChI is InChI=1S/C12H14Cl2N2O2/c1-3-8(2)15-16-12(17)7-18-11-5-4-9(13)6-10(11)14/h4-6H,3,7H2,1-2H3,(H,16,17). The molecule has 0 spiro atoms. The maximum absolute atomic E-state index is 11.4. The number of amides is 1. The summed E-state index contributed by atoms with van der Waals surface area (Å²) in [5.41, 5.74) is 3.23. The molecule has 0 bridgehead atoms. The van der Waals surface area contributed by atoms with Gasteiger partial charge in [0, 0.05) is 10.7 Å². The third-order valence-electron chi connectivity index (χ3n) is 2.14. The Hall–Kier alpha value is -1.26. The predicted molar refractivity (Wildman–Crippen MR) is 73.5 cm³/mol. The van der Waals surface area contributed by atoms with Crippen LogP contribution >= 0.6 is 23.2 Å². The fourth-order valence-electron chi connectivity index (χ4n) is 1.00. The second-order valence-corrected chi connectivity index (χ2v) is 4.44. The van der Waals surface area contributed by atoms with Gasteiger partial charge >= 0.3 is 0 Å². The van der Waals surface area contributed by atoms with Crippen molar-refractivity contribution >= 4 is 34.8 Å². The number of hydrazone groups is 1. The maximum atomic E-state index is 11.4. The summed E-state index contributed by atoms with van der Waals surface area (Å²) in [6.07, 6.45) is 0.782. The van der Waals surface area contributed by atoms with Gasteiger partial charge in [-0.1, -0.05) is 30.1 Å². The molecule has 1 rings (SSSR count). The highest BCUT2D eigenvalue weighted by atomic mass is 35.5. The summed E-state index contributed by atoms with van der Waals surface area (Å²) >= 11 is 11.6. The molecule has 6 heteroatoms. The number of nitrogens with one attached hydrogen (secondary N) is 1. The smallest absolute Gasteiger partial charge is 0.277 e. The van der Waals surface area contributed by atoms with Gasteiger partial charge in [0.2, 0.25) is 0 Å². The molecule has 0 radical (unpaired) electrons. The molecule has 1 aromatic carbocycles. The summed E-state index contributed by atoms with van der Waals surface area (Å²) in [5.74, 6) is 0.0706. The van der Waals surface area contributed by atoms with Crippen molar-refractivity contribution in [1.29, 1.82) is 0 Å². The quantitative estimate of drug-likeness (QED) is 0.668. The van der Waals surface area contributed by atoms with Crippen molar-refractivity contribution in [1.82, 2.24) is 5.43 Å². The molecule has 0 aliphatic carbocycles. The Kier molecular flexibility index (Phi) is 5.95. The van der Waals surface area contributed by atoms with Crippen LogP contribution in [0.5, 0.6) is 5.75 Å². The molecule has 0 unspecified atom stereocenters. The largest absolute Gasteiger partial charge is 0.482 e. The predicted octanol–water partition coefficient (Wildman–Crippen LogP) is 3.27. The molecule has 0 saturated carbocycles.